The Hall–Kier alpha value is -0.480. The highest BCUT2D eigenvalue weighted by atomic mass is 19.1. The number of hydrogen-bond donors (Lipinski definition) is 1. The largest absolute Gasteiger partial charge is 0.390 e. The smallest absolute Gasteiger partial charge is 0.138 e. The van der Waals surface area contributed by atoms with Gasteiger partial charge in [-0.15, -0.1) is 0 Å². The minimum Gasteiger partial charge on any atom is -0.390 e. The Kier molecular flexibility index (Phi) is 4.73. The van der Waals surface area contributed by atoms with Crippen LogP contribution in [0.25, 0.3) is 0 Å². The fourth-order valence-corrected chi connectivity index (χ4v) is 3.29. The minimum atomic E-state index is -1.17. The molecule has 2 aliphatic carbocycles. The number of alkyl halides is 1. The van der Waals surface area contributed by atoms with E-state index < -0.39 is 12.3 Å². The van der Waals surface area contributed by atoms with Crippen molar-refractivity contribution >= 4 is 5.78 Å². The van der Waals surface area contributed by atoms with Gasteiger partial charge in [0.1, 0.15) is 12.0 Å². The van der Waals surface area contributed by atoms with Gasteiger partial charge in [-0.3, -0.25) is 4.79 Å². The highest BCUT2D eigenvalue weighted by Gasteiger charge is 2.48. The van der Waals surface area contributed by atoms with E-state index in [0.29, 0.717) is 32.5 Å². The van der Waals surface area contributed by atoms with E-state index in [1.807, 2.05) is 0 Å². The predicted molar refractivity (Wildman–Crippen MR) is 66.0 cm³/mol. The van der Waals surface area contributed by atoms with Crippen molar-refractivity contribution in [1.29, 1.82) is 0 Å². The summed E-state index contributed by atoms with van der Waals surface area (Å²) in [5.74, 6) is 0.303. The molecule has 1 N–H and O–H groups in total. The van der Waals surface area contributed by atoms with Gasteiger partial charge < -0.3 is 9.84 Å². The molecule has 0 aromatic heterocycles. The van der Waals surface area contributed by atoms with Gasteiger partial charge in [-0.1, -0.05) is 13.3 Å². The van der Waals surface area contributed by atoms with E-state index in [-0.39, 0.29) is 23.5 Å². The van der Waals surface area contributed by atoms with Gasteiger partial charge in [-0.25, -0.2) is 4.39 Å². The first kappa shape index (κ1) is 13.9. The molecular formula is C14H23FO3. The number of unbranched alkanes of at least 4 members (excludes halogenated alkanes) is 1. The standard InChI is InChI=1S/C14H23FO3/c1-2-3-4-18-8-11-10-7-12(15)14(17)6-9(10)5-13(11)16/h9-12,14,17H,2-8H2,1H3/t9-,10-,11+,12+,14?/m1/s1. The Bertz CT molecular complexity index is 295. The van der Waals surface area contributed by atoms with E-state index in [1.54, 1.807) is 0 Å². The molecule has 0 spiro atoms. The van der Waals surface area contributed by atoms with Crippen molar-refractivity contribution in [3.05, 3.63) is 0 Å². The molecule has 2 saturated carbocycles. The molecule has 4 heteroatoms. The molecule has 1 unspecified atom stereocenters. The number of rotatable bonds is 5. The minimum absolute atomic E-state index is 0.0810. The number of aliphatic hydroxyl groups is 1. The van der Waals surface area contributed by atoms with Gasteiger partial charge in [0.2, 0.25) is 0 Å². The Morgan fingerprint density at radius 1 is 1.44 bits per heavy atom. The van der Waals surface area contributed by atoms with Gasteiger partial charge in [0.05, 0.1) is 12.7 Å². The lowest BCUT2D eigenvalue weighted by molar-refractivity contribution is -0.123. The Morgan fingerprint density at radius 2 is 2.22 bits per heavy atom. The van der Waals surface area contributed by atoms with E-state index in [2.05, 4.69) is 6.92 Å². The molecule has 2 aliphatic rings. The van der Waals surface area contributed by atoms with Crippen LogP contribution in [0.15, 0.2) is 0 Å². The SMILES string of the molecule is CCCCOC[C@@H]1C(=O)C[C@@H]2CC(O)[C@@H](F)C[C@H]21. The quantitative estimate of drug-likeness (QED) is 0.768. The van der Waals surface area contributed by atoms with Gasteiger partial charge in [0.15, 0.2) is 0 Å². The maximum absolute atomic E-state index is 13.6. The van der Waals surface area contributed by atoms with Crippen LogP contribution < -0.4 is 0 Å². The molecule has 0 amide bonds. The third kappa shape index (κ3) is 2.91. The normalized spacial score (nSPS) is 39.9. The summed E-state index contributed by atoms with van der Waals surface area (Å²) in [5.41, 5.74) is 0. The van der Waals surface area contributed by atoms with Crippen molar-refractivity contribution < 1.29 is 19.0 Å². The van der Waals surface area contributed by atoms with Crippen LogP contribution in [0.3, 0.4) is 0 Å². The molecular weight excluding hydrogens is 235 g/mol. The average Bonchev–Trinajstić information content (AvgIpc) is 2.62. The predicted octanol–water partition coefficient (Wildman–Crippen LogP) is 2.12. The van der Waals surface area contributed by atoms with Crippen molar-refractivity contribution in [1.82, 2.24) is 0 Å². The van der Waals surface area contributed by atoms with Crippen LogP contribution in [-0.4, -0.2) is 36.4 Å². The van der Waals surface area contributed by atoms with Crippen molar-refractivity contribution in [3.8, 4) is 0 Å². The van der Waals surface area contributed by atoms with Crippen molar-refractivity contribution in [3.63, 3.8) is 0 Å². The van der Waals surface area contributed by atoms with Crippen molar-refractivity contribution in [2.75, 3.05) is 13.2 Å². The van der Waals surface area contributed by atoms with Gasteiger partial charge in [-0.05, 0) is 31.1 Å². The molecule has 0 aromatic rings. The molecule has 104 valence electrons. The summed E-state index contributed by atoms with van der Waals surface area (Å²) in [5, 5.41) is 9.53. The van der Waals surface area contributed by atoms with E-state index in [9.17, 15) is 14.3 Å². The summed E-state index contributed by atoms with van der Waals surface area (Å²) < 4.78 is 19.1. The van der Waals surface area contributed by atoms with Gasteiger partial charge in [-0.2, -0.15) is 0 Å². The Labute approximate surface area is 108 Å². The average molecular weight is 258 g/mol. The zero-order chi connectivity index (χ0) is 13.1. The lowest BCUT2D eigenvalue weighted by atomic mass is 9.76. The summed E-state index contributed by atoms with van der Waals surface area (Å²) in [4.78, 5) is 11.9. The number of carbonyl (C=O) groups is 1. The molecule has 0 heterocycles. The topological polar surface area (TPSA) is 46.5 Å². The third-order valence-electron chi connectivity index (χ3n) is 4.40. The number of ether oxygens (including phenoxy) is 1. The van der Waals surface area contributed by atoms with Crippen LogP contribution in [0.2, 0.25) is 0 Å². The highest BCUT2D eigenvalue weighted by Crippen LogP contribution is 2.45. The third-order valence-corrected chi connectivity index (χ3v) is 4.40. The lowest BCUT2D eigenvalue weighted by Gasteiger charge is -2.33. The second-order valence-electron chi connectivity index (χ2n) is 5.68. The molecule has 18 heavy (non-hydrogen) atoms. The summed E-state index contributed by atoms with van der Waals surface area (Å²) in [7, 11) is 0. The summed E-state index contributed by atoms with van der Waals surface area (Å²) in [6, 6.07) is 0. The molecule has 0 saturated heterocycles. The Balaban J connectivity index is 1.88. The first-order valence-corrected chi connectivity index (χ1v) is 7.06. The first-order chi connectivity index (χ1) is 8.63. The van der Waals surface area contributed by atoms with Crippen LogP contribution in [0.5, 0.6) is 0 Å². The monoisotopic (exact) mass is 258 g/mol. The zero-order valence-corrected chi connectivity index (χ0v) is 11.0. The number of fused-ring (bicyclic) bond motifs is 1. The van der Waals surface area contributed by atoms with Crippen LogP contribution in [0.4, 0.5) is 4.39 Å². The number of hydrogen-bond acceptors (Lipinski definition) is 3. The second kappa shape index (κ2) is 6.11. The fraction of sp³-hybridized carbons (Fsp3) is 0.929. The van der Waals surface area contributed by atoms with Gasteiger partial charge in [0, 0.05) is 18.9 Å². The number of aliphatic hydroxyl groups excluding tert-OH is 1. The fourth-order valence-electron chi connectivity index (χ4n) is 3.29. The van der Waals surface area contributed by atoms with Gasteiger partial charge >= 0.3 is 0 Å². The highest BCUT2D eigenvalue weighted by molar-refractivity contribution is 5.84. The van der Waals surface area contributed by atoms with E-state index >= 15 is 0 Å². The second-order valence-corrected chi connectivity index (χ2v) is 5.68. The van der Waals surface area contributed by atoms with Crippen molar-refractivity contribution in [2.45, 2.75) is 51.3 Å². The summed E-state index contributed by atoms with van der Waals surface area (Å²) in [6.07, 6.45) is 1.27. The van der Waals surface area contributed by atoms with Gasteiger partial charge in [0.25, 0.3) is 0 Å². The van der Waals surface area contributed by atoms with Crippen LogP contribution in [-0.2, 0) is 9.53 Å². The number of halogens is 1. The zero-order valence-electron chi connectivity index (χ0n) is 11.0. The molecule has 0 aliphatic heterocycles. The summed E-state index contributed by atoms with van der Waals surface area (Å²) >= 11 is 0. The number of ketones is 1. The molecule has 5 atom stereocenters. The molecule has 0 aromatic carbocycles. The first-order valence-electron chi connectivity index (χ1n) is 7.06. The van der Waals surface area contributed by atoms with Crippen molar-refractivity contribution in [2.24, 2.45) is 17.8 Å². The molecule has 0 radical (unpaired) electrons. The van der Waals surface area contributed by atoms with Crippen LogP contribution in [0.1, 0.15) is 39.0 Å². The Morgan fingerprint density at radius 3 is 2.94 bits per heavy atom. The van der Waals surface area contributed by atoms with E-state index in [0.717, 1.165) is 12.8 Å². The molecule has 3 nitrogen and oxygen atoms in total. The lowest BCUT2D eigenvalue weighted by Crippen LogP contribution is -2.37. The van der Waals surface area contributed by atoms with E-state index in [1.165, 1.54) is 0 Å². The number of Topliss-reactive ketones (excluding diaryl/α,β-unsaturated/α-hetero) is 1. The number of carbonyl (C=O) groups excluding carboxylic acids is 1. The van der Waals surface area contributed by atoms with Crippen LogP contribution >= 0.6 is 0 Å². The maximum Gasteiger partial charge on any atom is 0.138 e. The molecule has 2 rings (SSSR count). The summed E-state index contributed by atoms with van der Waals surface area (Å²) in [6.45, 7) is 3.21. The molecule has 0 bridgehead atoms. The van der Waals surface area contributed by atoms with Crippen LogP contribution in [0, 0.1) is 17.8 Å². The molecule has 2 fully saturated rings. The van der Waals surface area contributed by atoms with E-state index in [4.69, 9.17) is 4.74 Å². The maximum atomic E-state index is 13.6.